The van der Waals surface area contributed by atoms with Crippen LogP contribution in [-0.4, -0.2) is 31.0 Å². The normalized spacial score (nSPS) is 10.2. The van der Waals surface area contributed by atoms with Gasteiger partial charge in [0.05, 0.1) is 12.4 Å². The molecule has 0 fully saturated rings. The van der Waals surface area contributed by atoms with Gasteiger partial charge in [-0.25, -0.2) is 0 Å². The highest BCUT2D eigenvalue weighted by Gasteiger charge is 1.99. The Kier molecular flexibility index (Phi) is 9.06. The van der Waals surface area contributed by atoms with Crippen LogP contribution in [-0.2, 0) is 9.53 Å². The molecule has 0 aliphatic rings. The van der Waals surface area contributed by atoms with E-state index in [1.54, 1.807) is 11.8 Å². The molecule has 0 aliphatic carbocycles. The number of ether oxygens (including phenoxy) is 1. The largest absolute Gasteiger partial charge is 0.381 e. The number of hydrogen-bond acceptors (Lipinski definition) is 3. The third-order valence-corrected chi connectivity index (χ3v) is 2.08. The summed E-state index contributed by atoms with van der Waals surface area (Å²) in [6, 6.07) is 0. The lowest BCUT2D eigenvalue weighted by Gasteiger charge is -2.01. The van der Waals surface area contributed by atoms with Crippen molar-refractivity contribution in [2.45, 2.75) is 26.2 Å². The van der Waals surface area contributed by atoms with E-state index in [-0.39, 0.29) is 0 Å². The zero-order valence-corrected chi connectivity index (χ0v) is 8.78. The van der Waals surface area contributed by atoms with Gasteiger partial charge in [-0.2, -0.15) is 11.8 Å². The van der Waals surface area contributed by atoms with E-state index in [1.165, 1.54) is 0 Å². The molecule has 0 amide bonds. The van der Waals surface area contributed by atoms with Crippen LogP contribution >= 0.6 is 11.8 Å². The molecule has 0 bridgehead atoms. The lowest BCUT2D eigenvalue weighted by atomic mass is 10.3. The van der Waals surface area contributed by atoms with Crippen LogP contribution in [0.2, 0.25) is 0 Å². The Morgan fingerprint density at radius 2 is 2.17 bits per heavy atom. The van der Waals surface area contributed by atoms with Crippen LogP contribution < -0.4 is 0 Å². The molecule has 0 saturated heterocycles. The van der Waals surface area contributed by atoms with E-state index in [2.05, 4.69) is 6.92 Å². The molecule has 12 heavy (non-hydrogen) atoms. The van der Waals surface area contributed by atoms with Gasteiger partial charge in [0.2, 0.25) is 0 Å². The Morgan fingerprint density at radius 1 is 1.42 bits per heavy atom. The first-order chi connectivity index (χ1) is 5.81. The molecule has 0 aromatic heterocycles. The fourth-order valence-corrected chi connectivity index (χ4v) is 1.23. The molecule has 0 N–H and O–H groups in total. The maximum Gasteiger partial charge on any atom is 0.145 e. The third kappa shape index (κ3) is 8.08. The number of hydrogen-bond donors (Lipinski definition) is 0. The molecule has 2 nitrogen and oxygen atoms in total. The van der Waals surface area contributed by atoms with E-state index >= 15 is 0 Å². The molecule has 0 aromatic rings. The highest BCUT2D eigenvalue weighted by Crippen LogP contribution is 1.96. The first-order valence-corrected chi connectivity index (χ1v) is 5.79. The fourth-order valence-electron chi connectivity index (χ4n) is 0.768. The van der Waals surface area contributed by atoms with E-state index in [0.29, 0.717) is 24.6 Å². The summed E-state index contributed by atoms with van der Waals surface area (Å²) in [5.41, 5.74) is 0. The monoisotopic (exact) mass is 190 g/mol. The Bertz CT molecular complexity index is 115. The average Bonchev–Trinajstić information content (AvgIpc) is 2.05. The minimum Gasteiger partial charge on any atom is -0.381 e. The summed E-state index contributed by atoms with van der Waals surface area (Å²) in [6.45, 7) is 3.52. The van der Waals surface area contributed by atoms with Crippen molar-refractivity contribution in [3.05, 3.63) is 0 Å². The van der Waals surface area contributed by atoms with Crippen LogP contribution in [0.25, 0.3) is 0 Å². The van der Waals surface area contributed by atoms with Gasteiger partial charge in [0.25, 0.3) is 0 Å². The minimum atomic E-state index is 0.291. The summed E-state index contributed by atoms with van der Waals surface area (Å²) in [7, 11) is 0. The topological polar surface area (TPSA) is 26.3 Å². The van der Waals surface area contributed by atoms with Gasteiger partial charge in [-0.15, -0.1) is 0 Å². The summed E-state index contributed by atoms with van der Waals surface area (Å²) in [4.78, 5) is 11.0. The second-order valence-electron chi connectivity index (χ2n) is 2.69. The Balaban J connectivity index is 3.03. The van der Waals surface area contributed by atoms with Crippen molar-refractivity contribution in [2.75, 3.05) is 25.2 Å². The van der Waals surface area contributed by atoms with Crippen LogP contribution in [0.1, 0.15) is 26.2 Å². The molecule has 0 aromatic carbocycles. The van der Waals surface area contributed by atoms with Crippen LogP contribution in [0, 0.1) is 0 Å². The molecular weight excluding hydrogens is 172 g/mol. The summed E-state index contributed by atoms with van der Waals surface area (Å²) in [6.07, 6.45) is 4.76. The predicted molar refractivity (Wildman–Crippen MR) is 53.7 cm³/mol. The highest BCUT2D eigenvalue weighted by atomic mass is 32.2. The van der Waals surface area contributed by atoms with Crippen molar-refractivity contribution in [1.82, 2.24) is 0 Å². The second kappa shape index (κ2) is 9.07. The first-order valence-electron chi connectivity index (χ1n) is 4.39. The third-order valence-electron chi connectivity index (χ3n) is 1.47. The zero-order valence-electron chi connectivity index (χ0n) is 7.97. The molecule has 0 radical (unpaired) electrons. The molecule has 0 heterocycles. The van der Waals surface area contributed by atoms with Crippen molar-refractivity contribution in [3.63, 3.8) is 0 Å². The summed E-state index contributed by atoms with van der Waals surface area (Å²) in [5.74, 6) is 0.913. The molecule has 0 aliphatic heterocycles. The second-order valence-corrected chi connectivity index (χ2v) is 3.55. The van der Waals surface area contributed by atoms with Gasteiger partial charge in [-0.1, -0.05) is 13.3 Å². The summed E-state index contributed by atoms with van der Waals surface area (Å²) in [5, 5.41) is 0. The van der Waals surface area contributed by atoms with Crippen LogP contribution in [0.3, 0.4) is 0 Å². The lowest BCUT2D eigenvalue weighted by molar-refractivity contribution is -0.117. The molecule has 0 unspecified atom stereocenters. The first kappa shape index (κ1) is 12.0. The molecule has 0 saturated carbocycles. The highest BCUT2D eigenvalue weighted by molar-refractivity contribution is 7.99. The van der Waals surface area contributed by atoms with Gasteiger partial charge in [0, 0.05) is 13.0 Å². The lowest BCUT2D eigenvalue weighted by Crippen LogP contribution is -2.06. The Morgan fingerprint density at radius 3 is 2.75 bits per heavy atom. The van der Waals surface area contributed by atoms with Crippen molar-refractivity contribution >= 4 is 17.5 Å². The van der Waals surface area contributed by atoms with E-state index in [0.717, 1.165) is 19.4 Å². The number of thioether (sulfide) groups is 1. The predicted octanol–water partition coefficient (Wildman–Crippen LogP) is 2.13. The van der Waals surface area contributed by atoms with E-state index in [4.69, 9.17) is 4.74 Å². The molecule has 0 rings (SSSR count). The van der Waals surface area contributed by atoms with Gasteiger partial charge in [0.1, 0.15) is 5.78 Å². The summed E-state index contributed by atoms with van der Waals surface area (Å²) < 4.78 is 5.26. The molecule has 0 spiro atoms. The molecule has 3 heteroatoms. The maximum absolute atomic E-state index is 11.0. The fraction of sp³-hybridized carbons (Fsp3) is 0.889. The number of ketones is 1. The average molecular weight is 190 g/mol. The number of carbonyl (C=O) groups is 1. The Hall–Kier alpha value is -0.0200. The number of rotatable bonds is 8. The van der Waals surface area contributed by atoms with Crippen LogP contribution in [0.4, 0.5) is 0 Å². The van der Waals surface area contributed by atoms with Gasteiger partial charge >= 0.3 is 0 Å². The minimum absolute atomic E-state index is 0.291. The number of Topliss-reactive ketones (excluding diaryl/α,β-unsaturated/α-hetero) is 1. The smallest absolute Gasteiger partial charge is 0.145 e. The van der Waals surface area contributed by atoms with Crippen molar-refractivity contribution in [2.24, 2.45) is 0 Å². The van der Waals surface area contributed by atoms with Gasteiger partial charge < -0.3 is 4.74 Å². The molecular formula is C9H18O2S. The van der Waals surface area contributed by atoms with Crippen molar-refractivity contribution < 1.29 is 9.53 Å². The van der Waals surface area contributed by atoms with Crippen LogP contribution in [0.5, 0.6) is 0 Å². The summed E-state index contributed by atoms with van der Waals surface area (Å²) >= 11 is 1.57. The van der Waals surface area contributed by atoms with E-state index < -0.39 is 0 Å². The van der Waals surface area contributed by atoms with Crippen molar-refractivity contribution in [3.8, 4) is 0 Å². The standard InChI is InChI=1S/C9H18O2S/c1-3-4-6-11-7-5-9(10)8-12-2/h3-8H2,1-2H3. The number of carbonyl (C=O) groups excluding carboxylic acids is 1. The quantitative estimate of drug-likeness (QED) is 0.548. The SMILES string of the molecule is CCCCOCCC(=O)CSC. The van der Waals surface area contributed by atoms with E-state index in [1.807, 2.05) is 6.26 Å². The zero-order chi connectivity index (χ0) is 9.23. The van der Waals surface area contributed by atoms with Crippen molar-refractivity contribution in [1.29, 1.82) is 0 Å². The Labute approximate surface area is 79.1 Å². The van der Waals surface area contributed by atoms with Gasteiger partial charge in [-0.3, -0.25) is 4.79 Å². The van der Waals surface area contributed by atoms with Gasteiger partial charge in [0.15, 0.2) is 0 Å². The van der Waals surface area contributed by atoms with Gasteiger partial charge in [-0.05, 0) is 12.7 Å². The molecule has 72 valence electrons. The number of unbranched alkanes of at least 4 members (excludes halogenated alkanes) is 1. The van der Waals surface area contributed by atoms with E-state index in [9.17, 15) is 4.79 Å². The van der Waals surface area contributed by atoms with Crippen LogP contribution in [0.15, 0.2) is 0 Å². The maximum atomic E-state index is 11.0. The molecule has 0 atom stereocenters.